The van der Waals surface area contributed by atoms with Crippen LogP contribution in [0.15, 0.2) is 51.3 Å². The van der Waals surface area contributed by atoms with Crippen LogP contribution in [-0.2, 0) is 11.2 Å². The molecule has 0 saturated carbocycles. The number of anilines is 1. The van der Waals surface area contributed by atoms with Crippen LogP contribution in [-0.4, -0.2) is 66.9 Å². The second-order valence-corrected chi connectivity index (χ2v) is 13.9. The molecule has 3 aromatic rings. The molecule has 252 valence electrons. The highest BCUT2D eigenvalue weighted by Crippen LogP contribution is 2.36. The minimum Gasteiger partial charge on any atom is -0.388 e. The number of aliphatic hydroxyl groups is 1. The van der Waals surface area contributed by atoms with E-state index in [1.807, 2.05) is 31.3 Å². The SMILES string of the molecule is CSc1cc(N2C=c3cc(-c4cc(CCC[C@@H]5COCCN5)cc(Cl)c4F)[nH]c3=NC2O)ccc1[C@@H]1CCC[C@@H](CCN=C(C)N)N1. The number of aryl methyl sites for hydroxylation is 1. The third-order valence-electron chi connectivity index (χ3n) is 9.20. The van der Waals surface area contributed by atoms with Crippen LogP contribution in [0.5, 0.6) is 0 Å². The number of hydrogen-bond donors (Lipinski definition) is 5. The largest absolute Gasteiger partial charge is 0.388 e. The van der Waals surface area contributed by atoms with E-state index >= 15 is 4.39 Å². The molecular formula is C35H45ClFN7O2S. The summed E-state index contributed by atoms with van der Waals surface area (Å²) >= 11 is 8.07. The molecule has 47 heavy (non-hydrogen) atoms. The molecule has 1 unspecified atom stereocenters. The zero-order valence-electron chi connectivity index (χ0n) is 27.1. The molecule has 3 aliphatic rings. The van der Waals surface area contributed by atoms with Crippen molar-refractivity contribution < 1.29 is 14.2 Å². The van der Waals surface area contributed by atoms with E-state index < -0.39 is 12.2 Å². The van der Waals surface area contributed by atoms with Crippen LogP contribution in [0.1, 0.15) is 62.6 Å². The number of nitrogens with two attached hydrogens (primary N) is 1. The van der Waals surface area contributed by atoms with E-state index in [-0.39, 0.29) is 11.1 Å². The summed E-state index contributed by atoms with van der Waals surface area (Å²) in [5, 5.41) is 19.3. The van der Waals surface area contributed by atoms with Crippen molar-refractivity contribution in [3.05, 3.63) is 69.1 Å². The number of rotatable bonds is 11. The molecule has 9 nitrogen and oxygen atoms in total. The quantitative estimate of drug-likeness (QED) is 0.114. The Morgan fingerprint density at radius 1 is 1.21 bits per heavy atom. The van der Waals surface area contributed by atoms with Crippen molar-refractivity contribution in [3.8, 4) is 11.3 Å². The molecule has 0 aliphatic carbocycles. The van der Waals surface area contributed by atoms with Gasteiger partial charge in [-0.3, -0.25) is 4.99 Å². The molecule has 6 rings (SSSR count). The average Bonchev–Trinajstić information content (AvgIpc) is 3.48. The lowest BCUT2D eigenvalue weighted by Crippen LogP contribution is -2.41. The van der Waals surface area contributed by atoms with Gasteiger partial charge < -0.3 is 36.1 Å². The third-order valence-corrected chi connectivity index (χ3v) is 10.3. The summed E-state index contributed by atoms with van der Waals surface area (Å²) in [6.45, 7) is 4.91. The highest BCUT2D eigenvalue weighted by atomic mass is 35.5. The van der Waals surface area contributed by atoms with Crippen molar-refractivity contribution in [1.82, 2.24) is 15.6 Å². The third kappa shape index (κ3) is 8.21. The number of aromatic amines is 1. The number of ether oxygens (including phenoxy) is 1. The Labute approximate surface area is 284 Å². The van der Waals surface area contributed by atoms with Gasteiger partial charge in [-0.1, -0.05) is 24.1 Å². The van der Waals surface area contributed by atoms with E-state index in [9.17, 15) is 5.11 Å². The van der Waals surface area contributed by atoms with Crippen LogP contribution < -0.4 is 32.0 Å². The van der Waals surface area contributed by atoms with Crippen LogP contribution >= 0.6 is 23.4 Å². The number of amidine groups is 1. The first-order valence-corrected chi connectivity index (χ1v) is 18.1. The normalized spacial score (nSPS) is 23.3. The van der Waals surface area contributed by atoms with Crippen molar-refractivity contribution in [2.75, 3.05) is 37.5 Å². The maximum Gasteiger partial charge on any atom is 0.231 e. The summed E-state index contributed by atoms with van der Waals surface area (Å²) in [5.41, 5.74) is 10.2. The van der Waals surface area contributed by atoms with E-state index in [1.165, 1.54) is 5.56 Å². The minimum atomic E-state index is -1.13. The van der Waals surface area contributed by atoms with E-state index in [1.54, 1.807) is 22.7 Å². The van der Waals surface area contributed by atoms with E-state index in [2.05, 4.69) is 44.0 Å². The van der Waals surface area contributed by atoms with Gasteiger partial charge in [0.05, 0.1) is 29.8 Å². The van der Waals surface area contributed by atoms with E-state index in [4.69, 9.17) is 22.1 Å². The Kier molecular flexibility index (Phi) is 11.2. The standard InChI is InChI=1S/C35H45ClFN7O2S/c1-21(38)39-12-11-24-6-4-8-30(41-24)27-10-9-26(18-32(27)47-2)44-19-23-17-31(42-34(23)43-35(44)45)28-15-22(16-29(36)33(28)37)5-3-7-25-20-46-14-13-40-25/h9-10,15-19,24-25,30,35,40-41,45H,3-8,11-14,20H2,1-2H3,(H2,38,39)(H,42,43)/t24-,25+,30-,35?/m0/s1. The number of fused-ring (bicyclic) bond motifs is 1. The number of aliphatic imine (C=N–C) groups is 1. The predicted octanol–water partition coefficient (Wildman–Crippen LogP) is 4.61. The predicted molar refractivity (Wildman–Crippen MR) is 189 cm³/mol. The number of nitrogens with one attached hydrogen (secondary N) is 3. The highest BCUT2D eigenvalue weighted by molar-refractivity contribution is 7.98. The fourth-order valence-electron chi connectivity index (χ4n) is 6.79. The van der Waals surface area contributed by atoms with Gasteiger partial charge in [0.15, 0.2) is 5.82 Å². The highest BCUT2D eigenvalue weighted by Gasteiger charge is 2.26. The van der Waals surface area contributed by atoms with Crippen molar-refractivity contribution in [2.24, 2.45) is 15.7 Å². The number of benzene rings is 2. The Hall–Kier alpha value is -2.93. The first-order chi connectivity index (χ1) is 22.8. The number of morpholine rings is 1. The van der Waals surface area contributed by atoms with Crippen molar-refractivity contribution in [3.63, 3.8) is 0 Å². The molecule has 4 atom stereocenters. The molecule has 1 aromatic heterocycles. The van der Waals surface area contributed by atoms with Gasteiger partial charge in [0.2, 0.25) is 6.35 Å². The first kappa shape index (κ1) is 34.0. The second-order valence-electron chi connectivity index (χ2n) is 12.6. The number of hydrogen-bond acceptors (Lipinski definition) is 8. The Bertz CT molecular complexity index is 1710. The van der Waals surface area contributed by atoms with E-state index in [0.29, 0.717) is 34.7 Å². The number of thioether (sulfide) groups is 1. The van der Waals surface area contributed by atoms with Gasteiger partial charge in [-0.15, -0.1) is 11.8 Å². The number of nitrogens with zero attached hydrogens (tertiary/aromatic N) is 3. The van der Waals surface area contributed by atoms with Crippen LogP contribution in [0, 0.1) is 5.82 Å². The van der Waals surface area contributed by atoms with Gasteiger partial charge in [-0.2, -0.15) is 0 Å². The van der Waals surface area contributed by atoms with Gasteiger partial charge in [-0.25, -0.2) is 9.38 Å². The average molecular weight is 682 g/mol. The summed E-state index contributed by atoms with van der Waals surface area (Å²) in [7, 11) is 0. The van der Waals surface area contributed by atoms with Crippen molar-refractivity contribution >= 4 is 41.1 Å². The molecule has 0 bridgehead atoms. The molecule has 3 aliphatic heterocycles. The maximum absolute atomic E-state index is 15.4. The molecular weight excluding hydrogens is 637 g/mol. The number of aliphatic hydroxyl groups excluding tert-OH is 1. The van der Waals surface area contributed by atoms with Gasteiger partial charge in [-0.05, 0) is 93.2 Å². The van der Waals surface area contributed by atoms with Crippen LogP contribution in [0.25, 0.3) is 17.5 Å². The molecule has 2 saturated heterocycles. The van der Waals surface area contributed by atoms with Crippen molar-refractivity contribution in [2.45, 2.75) is 81.2 Å². The molecule has 4 heterocycles. The maximum atomic E-state index is 15.4. The molecule has 2 fully saturated rings. The molecule has 12 heteroatoms. The van der Waals surface area contributed by atoms with Crippen molar-refractivity contribution in [1.29, 1.82) is 0 Å². The smallest absolute Gasteiger partial charge is 0.231 e. The molecule has 6 N–H and O–H groups in total. The fourth-order valence-corrected chi connectivity index (χ4v) is 7.72. The summed E-state index contributed by atoms with van der Waals surface area (Å²) in [6.07, 6.45) is 9.82. The summed E-state index contributed by atoms with van der Waals surface area (Å²) < 4.78 is 20.9. The minimum absolute atomic E-state index is 0.0920. The zero-order valence-corrected chi connectivity index (χ0v) is 28.6. The lowest BCUT2D eigenvalue weighted by atomic mass is 9.92. The number of H-pyrrole nitrogens is 1. The first-order valence-electron chi connectivity index (χ1n) is 16.5. The van der Waals surface area contributed by atoms with Crippen LogP contribution in [0.3, 0.4) is 0 Å². The molecule has 0 spiro atoms. The molecule has 0 amide bonds. The Morgan fingerprint density at radius 3 is 2.87 bits per heavy atom. The van der Waals surface area contributed by atoms with Gasteiger partial charge >= 0.3 is 0 Å². The number of piperidine rings is 1. The zero-order chi connectivity index (χ0) is 32.9. The fraction of sp³-hybridized carbons (Fsp3) is 0.486. The number of aromatic nitrogens is 1. The monoisotopic (exact) mass is 681 g/mol. The summed E-state index contributed by atoms with van der Waals surface area (Å²) in [5.74, 6) is 0.148. The summed E-state index contributed by atoms with van der Waals surface area (Å²) in [4.78, 5) is 15.0. The Morgan fingerprint density at radius 2 is 2.09 bits per heavy atom. The second kappa shape index (κ2) is 15.5. The Balaban J connectivity index is 1.20. The number of halogens is 2. The van der Waals surface area contributed by atoms with Gasteiger partial charge in [0, 0.05) is 58.8 Å². The lowest BCUT2D eigenvalue weighted by molar-refractivity contribution is 0.0736. The van der Waals surface area contributed by atoms with Crippen LogP contribution in [0.4, 0.5) is 10.1 Å². The topological polar surface area (TPSA) is 123 Å². The molecule has 0 radical (unpaired) electrons. The van der Waals surface area contributed by atoms with Gasteiger partial charge in [0.1, 0.15) is 5.49 Å². The summed E-state index contributed by atoms with van der Waals surface area (Å²) in [6, 6.07) is 12.7. The van der Waals surface area contributed by atoms with E-state index in [0.717, 1.165) is 92.6 Å². The lowest BCUT2D eigenvalue weighted by Gasteiger charge is -2.33. The van der Waals surface area contributed by atoms with Gasteiger partial charge in [0.25, 0.3) is 0 Å². The van der Waals surface area contributed by atoms with Crippen LogP contribution in [0.2, 0.25) is 5.02 Å². The molecule has 2 aromatic carbocycles.